The Labute approximate surface area is 139 Å². The van der Waals surface area contributed by atoms with Gasteiger partial charge in [-0.2, -0.15) is 5.10 Å². The molecule has 0 aliphatic carbocycles. The van der Waals surface area contributed by atoms with Gasteiger partial charge in [0, 0.05) is 11.3 Å². The molecule has 7 heteroatoms. The first kappa shape index (κ1) is 17.3. The molecule has 0 aromatic heterocycles. The number of carbonyl (C=O) groups excluding carboxylic acids is 1. The minimum atomic E-state index is -0.496. The molecule has 3 N–H and O–H groups in total. The molecular weight excluding hydrogens is 313 g/mol. The summed E-state index contributed by atoms with van der Waals surface area (Å²) in [6.07, 6.45) is 0. The summed E-state index contributed by atoms with van der Waals surface area (Å²) in [5.74, 6) is -0.255. The lowest BCUT2D eigenvalue weighted by atomic mass is 10.1. The van der Waals surface area contributed by atoms with Gasteiger partial charge in [0.1, 0.15) is 17.3 Å². The van der Waals surface area contributed by atoms with Gasteiger partial charge in [0.2, 0.25) is 0 Å². The molecule has 0 fully saturated rings. The number of nitrogens with one attached hydrogen (secondary N) is 2. The molecule has 2 aromatic carbocycles. The summed E-state index contributed by atoms with van der Waals surface area (Å²) in [5, 5.41) is 16.5. The second-order valence-electron chi connectivity index (χ2n) is 4.98. The summed E-state index contributed by atoms with van der Waals surface area (Å²) >= 11 is 0. The number of methoxy groups -OCH3 is 1. The van der Waals surface area contributed by atoms with Crippen molar-refractivity contribution in [2.24, 2.45) is 5.10 Å². The quantitative estimate of drug-likeness (QED) is 0.561. The third-order valence-corrected chi connectivity index (χ3v) is 3.24. The lowest BCUT2D eigenvalue weighted by molar-refractivity contribution is -0.119. The van der Waals surface area contributed by atoms with Crippen molar-refractivity contribution in [3.8, 4) is 11.5 Å². The minimum Gasteiger partial charge on any atom is -0.507 e. The standard InChI is InChI=1S/C17H18FN3O3/c1-11(15-9-12(18)3-8-16(15)22)20-21-17(23)10-19-13-4-6-14(24-2)7-5-13/h3-9,19,22H,10H2,1-2H3,(H,21,23)/b20-11+. The number of hydrazone groups is 1. The number of carbonyl (C=O) groups is 1. The van der Waals surface area contributed by atoms with E-state index in [1.54, 1.807) is 38.3 Å². The van der Waals surface area contributed by atoms with Crippen LogP contribution in [0.15, 0.2) is 47.6 Å². The van der Waals surface area contributed by atoms with Crippen LogP contribution in [-0.2, 0) is 4.79 Å². The van der Waals surface area contributed by atoms with Gasteiger partial charge in [0.05, 0.1) is 19.4 Å². The number of halogens is 1. The summed E-state index contributed by atoms with van der Waals surface area (Å²) in [6.45, 7) is 1.57. The van der Waals surface area contributed by atoms with Crippen LogP contribution >= 0.6 is 0 Å². The first-order valence-electron chi connectivity index (χ1n) is 7.19. The Kier molecular flexibility index (Phi) is 5.73. The molecule has 0 radical (unpaired) electrons. The largest absolute Gasteiger partial charge is 0.507 e. The fourth-order valence-corrected chi connectivity index (χ4v) is 1.94. The Morgan fingerprint density at radius 2 is 1.96 bits per heavy atom. The van der Waals surface area contributed by atoms with E-state index in [4.69, 9.17) is 4.74 Å². The Hall–Kier alpha value is -3.09. The Bertz CT molecular complexity index is 745. The van der Waals surface area contributed by atoms with Crippen molar-refractivity contribution < 1.29 is 19.0 Å². The van der Waals surface area contributed by atoms with Crippen LogP contribution in [-0.4, -0.2) is 30.4 Å². The second-order valence-corrected chi connectivity index (χ2v) is 4.98. The van der Waals surface area contributed by atoms with Crippen molar-refractivity contribution in [1.82, 2.24) is 5.43 Å². The highest BCUT2D eigenvalue weighted by Gasteiger charge is 2.07. The predicted octanol–water partition coefficient (Wildman–Crippen LogP) is 2.49. The monoisotopic (exact) mass is 331 g/mol. The maximum Gasteiger partial charge on any atom is 0.259 e. The Morgan fingerprint density at radius 1 is 1.25 bits per heavy atom. The van der Waals surface area contributed by atoms with E-state index in [2.05, 4.69) is 15.8 Å². The molecule has 1 amide bonds. The van der Waals surface area contributed by atoms with Crippen LogP contribution in [0.25, 0.3) is 0 Å². The van der Waals surface area contributed by atoms with Crippen molar-refractivity contribution in [2.75, 3.05) is 19.0 Å². The number of ether oxygens (including phenoxy) is 1. The minimum absolute atomic E-state index is 0.0121. The topological polar surface area (TPSA) is 83.0 Å². The van der Waals surface area contributed by atoms with Gasteiger partial charge in [0.15, 0.2) is 0 Å². The summed E-state index contributed by atoms with van der Waals surface area (Å²) in [4.78, 5) is 11.8. The van der Waals surface area contributed by atoms with E-state index in [1.807, 2.05) is 0 Å². The molecule has 0 saturated carbocycles. The molecule has 0 aliphatic heterocycles. The normalized spacial score (nSPS) is 11.0. The van der Waals surface area contributed by atoms with E-state index in [-0.39, 0.29) is 23.8 Å². The SMILES string of the molecule is COc1ccc(NCC(=O)N/N=C(\C)c2cc(F)ccc2O)cc1. The number of rotatable bonds is 6. The van der Waals surface area contributed by atoms with Crippen molar-refractivity contribution in [1.29, 1.82) is 0 Å². The van der Waals surface area contributed by atoms with Gasteiger partial charge in [0.25, 0.3) is 5.91 Å². The molecular formula is C17H18FN3O3. The third kappa shape index (κ3) is 4.70. The number of phenolic OH excluding ortho intramolecular Hbond substituents is 1. The zero-order valence-electron chi connectivity index (χ0n) is 13.3. The molecule has 126 valence electrons. The van der Waals surface area contributed by atoms with Crippen LogP contribution in [0, 0.1) is 5.82 Å². The molecule has 0 heterocycles. The number of aromatic hydroxyl groups is 1. The van der Waals surface area contributed by atoms with Crippen LogP contribution in [0.5, 0.6) is 11.5 Å². The van der Waals surface area contributed by atoms with E-state index < -0.39 is 5.82 Å². The summed E-state index contributed by atoms with van der Waals surface area (Å²) in [6, 6.07) is 10.6. The van der Waals surface area contributed by atoms with Gasteiger partial charge in [-0.05, 0) is 49.4 Å². The third-order valence-electron chi connectivity index (χ3n) is 3.24. The fourth-order valence-electron chi connectivity index (χ4n) is 1.94. The van der Waals surface area contributed by atoms with Crippen molar-refractivity contribution in [3.63, 3.8) is 0 Å². The maximum atomic E-state index is 13.2. The average Bonchev–Trinajstić information content (AvgIpc) is 2.60. The molecule has 0 atom stereocenters. The van der Waals surface area contributed by atoms with Crippen LogP contribution in [0.1, 0.15) is 12.5 Å². The van der Waals surface area contributed by atoms with Gasteiger partial charge in [-0.3, -0.25) is 4.79 Å². The van der Waals surface area contributed by atoms with Crippen molar-refractivity contribution in [2.45, 2.75) is 6.92 Å². The van der Waals surface area contributed by atoms with Crippen molar-refractivity contribution >= 4 is 17.3 Å². The predicted molar refractivity (Wildman–Crippen MR) is 89.9 cm³/mol. The second kappa shape index (κ2) is 7.96. The first-order chi connectivity index (χ1) is 11.5. The summed E-state index contributed by atoms with van der Waals surface area (Å²) in [5.41, 5.74) is 3.62. The molecule has 0 bridgehead atoms. The zero-order valence-corrected chi connectivity index (χ0v) is 13.3. The highest BCUT2D eigenvalue weighted by atomic mass is 19.1. The number of benzene rings is 2. The van der Waals surface area contributed by atoms with Gasteiger partial charge < -0.3 is 15.2 Å². The molecule has 2 aromatic rings. The van der Waals surface area contributed by atoms with Crippen LogP contribution < -0.4 is 15.5 Å². The zero-order chi connectivity index (χ0) is 17.5. The number of phenols is 1. The number of amides is 1. The van der Waals surface area contributed by atoms with E-state index in [9.17, 15) is 14.3 Å². The fraction of sp³-hybridized carbons (Fsp3) is 0.176. The number of hydrogen-bond acceptors (Lipinski definition) is 5. The van der Waals surface area contributed by atoms with E-state index >= 15 is 0 Å². The molecule has 0 unspecified atom stereocenters. The number of hydrogen-bond donors (Lipinski definition) is 3. The van der Waals surface area contributed by atoms with Gasteiger partial charge >= 0.3 is 0 Å². The molecule has 24 heavy (non-hydrogen) atoms. The van der Waals surface area contributed by atoms with Crippen molar-refractivity contribution in [3.05, 3.63) is 53.8 Å². The van der Waals surface area contributed by atoms with Gasteiger partial charge in [-0.25, -0.2) is 9.82 Å². The smallest absolute Gasteiger partial charge is 0.259 e. The van der Waals surface area contributed by atoms with Crippen LogP contribution in [0.2, 0.25) is 0 Å². The summed E-state index contributed by atoms with van der Waals surface area (Å²) in [7, 11) is 1.58. The van der Waals surface area contributed by atoms with E-state index in [1.165, 1.54) is 6.07 Å². The first-order valence-corrected chi connectivity index (χ1v) is 7.19. The number of anilines is 1. The molecule has 0 saturated heterocycles. The molecule has 6 nitrogen and oxygen atoms in total. The Morgan fingerprint density at radius 3 is 2.62 bits per heavy atom. The van der Waals surface area contributed by atoms with Crippen LogP contribution in [0.3, 0.4) is 0 Å². The maximum absolute atomic E-state index is 13.2. The molecule has 0 spiro atoms. The highest BCUT2D eigenvalue weighted by Crippen LogP contribution is 2.18. The summed E-state index contributed by atoms with van der Waals surface area (Å²) < 4.78 is 18.2. The Balaban J connectivity index is 1.90. The van der Waals surface area contributed by atoms with Crippen LogP contribution in [0.4, 0.5) is 10.1 Å². The number of nitrogens with zero attached hydrogens (tertiary/aromatic N) is 1. The highest BCUT2D eigenvalue weighted by molar-refractivity contribution is 6.01. The van der Waals surface area contributed by atoms with Gasteiger partial charge in [-0.1, -0.05) is 0 Å². The van der Waals surface area contributed by atoms with E-state index in [0.29, 0.717) is 5.71 Å². The molecule has 2 rings (SSSR count). The molecule has 0 aliphatic rings. The lowest BCUT2D eigenvalue weighted by Crippen LogP contribution is -2.26. The lowest BCUT2D eigenvalue weighted by Gasteiger charge is -2.07. The van der Waals surface area contributed by atoms with E-state index in [0.717, 1.165) is 23.6 Å². The average molecular weight is 331 g/mol. The van der Waals surface area contributed by atoms with Gasteiger partial charge in [-0.15, -0.1) is 0 Å².